The Balaban J connectivity index is 2.19. The topological polar surface area (TPSA) is 152 Å². The van der Waals surface area contributed by atoms with Crippen LogP contribution in [0.2, 0.25) is 0 Å². The summed E-state index contributed by atoms with van der Waals surface area (Å²) in [6, 6.07) is 8.46. The van der Waals surface area contributed by atoms with Crippen LogP contribution in [-0.4, -0.2) is 72.0 Å². The SMILES string of the molecule is COc1ccc([C@H](NC(=O)[C@@H](N)Cc2cccc(OCC(O)OC(C)(C)C)c2)C(=O)N[C@@H](C(C)C)[C@H](O)C(F)(F)F)cc1. The van der Waals surface area contributed by atoms with Crippen molar-refractivity contribution in [3.63, 3.8) is 0 Å². The van der Waals surface area contributed by atoms with E-state index >= 15 is 0 Å². The largest absolute Gasteiger partial charge is 0.497 e. The molecule has 240 valence electrons. The van der Waals surface area contributed by atoms with E-state index in [2.05, 4.69) is 10.6 Å². The number of hydrogen-bond acceptors (Lipinski definition) is 8. The van der Waals surface area contributed by atoms with Crippen LogP contribution in [0.15, 0.2) is 48.5 Å². The lowest BCUT2D eigenvalue weighted by molar-refractivity contribution is -0.215. The van der Waals surface area contributed by atoms with Gasteiger partial charge in [-0.05, 0) is 68.5 Å². The van der Waals surface area contributed by atoms with Crippen LogP contribution < -0.4 is 25.8 Å². The second-order valence-corrected chi connectivity index (χ2v) is 11.4. The van der Waals surface area contributed by atoms with Crippen molar-refractivity contribution in [2.75, 3.05) is 13.7 Å². The van der Waals surface area contributed by atoms with Crippen LogP contribution in [-0.2, 0) is 20.7 Å². The molecule has 2 amide bonds. The third kappa shape index (κ3) is 11.7. The predicted molar refractivity (Wildman–Crippen MR) is 153 cm³/mol. The summed E-state index contributed by atoms with van der Waals surface area (Å²) < 4.78 is 56.0. The Morgan fingerprint density at radius 3 is 2.12 bits per heavy atom. The molecule has 0 saturated heterocycles. The number of aliphatic hydroxyl groups is 2. The molecule has 0 bridgehead atoms. The van der Waals surface area contributed by atoms with E-state index in [-0.39, 0.29) is 18.6 Å². The Hall–Kier alpha value is -3.39. The van der Waals surface area contributed by atoms with Crippen molar-refractivity contribution in [3.8, 4) is 11.5 Å². The maximum atomic E-state index is 13.3. The van der Waals surface area contributed by atoms with E-state index in [1.807, 2.05) is 0 Å². The summed E-state index contributed by atoms with van der Waals surface area (Å²) in [6.07, 6.45) is -8.92. The van der Waals surface area contributed by atoms with E-state index in [1.165, 1.54) is 45.2 Å². The number of hydrogen-bond donors (Lipinski definition) is 5. The zero-order valence-corrected chi connectivity index (χ0v) is 25.1. The fraction of sp³-hybridized carbons (Fsp3) is 0.533. The van der Waals surface area contributed by atoms with Crippen LogP contribution in [0.1, 0.15) is 51.8 Å². The average molecular weight is 614 g/mol. The molecule has 0 radical (unpaired) electrons. The zero-order valence-electron chi connectivity index (χ0n) is 25.1. The normalized spacial score (nSPS) is 15.7. The molecule has 13 heteroatoms. The van der Waals surface area contributed by atoms with Gasteiger partial charge in [-0.15, -0.1) is 0 Å². The first-order chi connectivity index (χ1) is 19.9. The van der Waals surface area contributed by atoms with E-state index < -0.39 is 60.0 Å². The Morgan fingerprint density at radius 1 is 0.953 bits per heavy atom. The molecule has 0 aliphatic carbocycles. The second-order valence-electron chi connectivity index (χ2n) is 11.4. The van der Waals surface area contributed by atoms with E-state index in [4.69, 9.17) is 19.9 Å². The van der Waals surface area contributed by atoms with Gasteiger partial charge in [0.2, 0.25) is 11.8 Å². The van der Waals surface area contributed by atoms with Gasteiger partial charge >= 0.3 is 6.18 Å². The first-order valence-electron chi connectivity index (χ1n) is 13.7. The van der Waals surface area contributed by atoms with Gasteiger partial charge in [-0.1, -0.05) is 38.1 Å². The van der Waals surface area contributed by atoms with Gasteiger partial charge in [-0.3, -0.25) is 9.59 Å². The Labute approximate surface area is 249 Å². The molecule has 2 rings (SSSR count). The van der Waals surface area contributed by atoms with E-state index in [0.717, 1.165) is 0 Å². The van der Waals surface area contributed by atoms with Gasteiger partial charge in [0.25, 0.3) is 0 Å². The van der Waals surface area contributed by atoms with Gasteiger partial charge in [0.15, 0.2) is 12.4 Å². The third-order valence-electron chi connectivity index (χ3n) is 6.27. The number of benzene rings is 2. The smallest absolute Gasteiger partial charge is 0.416 e. The van der Waals surface area contributed by atoms with Crippen LogP contribution in [0.25, 0.3) is 0 Å². The monoisotopic (exact) mass is 613 g/mol. The van der Waals surface area contributed by atoms with E-state index in [9.17, 15) is 33.0 Å². The van der Waals surface area contributed by atoms with Crippen molar-refractivity contribution in [2.24, 2.45) is 11.7 Å². The number of amides is 2. The molecular formula is C30H42F3N3O7. The molecule has 43 heavy (non-hydrogen) atoms. The number of methoxy groups -OCH3 is 1. The molecule has 2 aromatic carbocycles. The Morgan fingerprint density at radius 2 is 1.58 bits per heavy atom. The summed E-state index contributed by atoms with van der Waals surface area (Å²) in [7, 11) is 1.44. The Kier molecular flexibility index (Phi) is 12.8. The minimum Gasteiger partial charge on any atom is -0.497 e. The number of halogens is 3. The lowest BCUT2D eigenvalue weighted by Gasteiger charge is -2.31. The van der Waals surface area contributed by atoms with Crippen LogP contribution in [0, 0.1) is 5.92 Å². The lowest BCUT2D eigenvalue weighted by atomic mass is 9.96. The molecule has 6 N–H and O–H groups in total. The number of carbonyl (C=O) groups is 2. The molecular weight excluding hydrogens is 571 g/mol. The summed E-state index contributed by atoms with van der Waals surface area (Å²) in [5.74, 6) is -1.63. The molecule has 10 nitrogen and oxygen atoms in total. The van der Waals surface area contributed by atoms with E-state index in [0.29, 0.717) is 17.1 Å². The molecule has 0 aliphatic rings. The molecule has 5 atom stereocenters. The van der Waals surface area contributed by atoms with Crippen molar-refractivity contribution in [1.29, 1.82) is 0 Å². The first-order valence-corrected chi connectivity index (χ1v) is 13.7. The van der Waals surface area contributed by atoms with Gasteiger partial charge in [0, 0.05) is 0 Å². The van der Waals surface area contributed by atoms with Crippen LogP contribution in [0.5, 0.6) is 11.5 Å². The Bertz CT molecular complexity index is 1190. The number of nitrogens with one attached hydrogen (secondary N) is 2. The fourth-order valence-corrected chi connectivity index (χ4v) is 4.13. The van der Waals surface area contributed by atoms with Crippen LogP contribution >= 0.6 is 0 Å². The highest BCUT2D eigenvalue weighted by Crippen LogP contribution is 2.27. The molecule has 0 heterocycles. The van der Waals surface area contributed by atoms with Gasteiger partial charge in [-0.25, -0.2) is 0 Å². The molecule has 1 unspecified atom stereocenters. The van der Waals surface area contributed by atoms with E-state index in [1.54, 1.807) is 45.0 Å². The molecule has 2 aromatic rings. The predicted octanol–water partition coefficient (Wildman–Crippen LogP) is 3.00. The first kappa shape index (κ1) is 35.8. The van der Waals surface area contributed by atoms with Crippen LogP contribution in [0.4, 0.5) is 13.2 Å². The fourth-order valence-electron chi connectivity index (χ4n) is 4.13. The number of rotatable bonds is 14. The standard InChI is InChI=1S/C30H42F3N3O7/c1-17(2)24(26(38)30(31,32)33)35-28(40)25(19-10-12-20(41-6)13-11-19)36-27(39)22(34)15-18-8-7-9-21(14-18)42-16-23(37)43-29(3,4)5/h7-14,17,22-26,37-38H,15-16,34H2,1-6H3,(H,35,40)(H,36,39)/t22-,23?,24-,25-,26-/m0/s1. The lowest BCUT2D eigenvalue weighted by Crippen LogP contribution is -2.56. The van der Waals surface area contributed by atoms with Gasteiger partial charge in [0.1, 0.15) is 24.1 Å². The third-order valence-corrected chi connectivity index (χ3v) is 6.27. The van der Waals surface area contributed by atoms with Gasteiger partial charge in [0.05, 0.1) is 24.8 Å². The second kappa shape index (κ2) is 15.4. The number of carbonyl (C=O) groups excluding carboxylic acids is 2. The summed E-state index contributed by atoms with van der Waals surface area (Å²) in [5.41, 5.74) is 6.47. The number of aliphatic hydroxyl groups excluding tert-OH is 2. The number of nitrogens with two attached hydrogens (primary N) is 1. The van der Waals surface area contributed by atoms with Crippen molar-refractivity contribution in [3.05, 3.63) is 59.7 Å². The minimum absolute atomic E-state index is 0.0302. The number of alkyl halides is 3. The highest BCUT2D eigenvalue weighted by Gasteiger charge is 2.45. The maximum absolute atomic E-state index is 13.3. The van der Waals surface area contributed by atoms with Gasteiger partial charge in [-0.2, -0.15) is 13.2 Å². The zero-order chi connectivity index (χ0) is 32.5. The van der Waals surface area contributed by atoms with Crippen LogP contribution in [0.3, 0.4) is 0 Å². The minimum atomic E-state index is -4.97. The quantitative estimate of drug-likeness (QED) is 0.204. The molecule has 0 aromatic heterocycles. The van der Waals surface area contributed by atoms with Gasteiger partial charge < -0.3 is 40.8 Å². The summed E-state index contributed by atoms with van der Waals surface area (Å²) >= 11 is 0. The molecule has 0 aliphatic heterocycles. The molecule has 0 saturated carbocycles. The highest BCUT2D eigenvalue weighted by atomic mass is 19.4. The molecule has 0 spiro atoms. The summed E-state index contributed by atoms with van der Waals surface area (Å²) in [4.78, 5) is 26.4. The van der Waals surface area contributed by atoms with Crippen molar-refractivity contribution in [2.45, 2.75) is 83.3 Å². The number of ether oxygens (including phenoxy) is 3. The highest BCUT2D eigenvalue weighted by molar-refractivity contribution is 5.90. The van der Waals surface area contributed by atoms with Crippen molar-refractivity contribution in [1.82, 2.24) is 10.6 Å². The van der Waals surface area contributed by atoms with Crippen molar-refractivity contribution < 1.29 is 47.2 Å². The average Bonchev–Trinajstić information content (AvgIpc) is 2.91. The van der Waals surface area contributed by atoms with Crippen molar-refractivity contribution >= 4 is 11.8 Å². The summed E-state index contributed by atoms with van der Waals surface area (Å²) in [5, 5.41) is 24.7. The summed E-state index contributed by atoms with van der Waals surface area (Å²) in [6.45, 7) is 8.09. The molecule has 0 fully saturated rings. The maximum Gasteiger partial charge on any atom is 0.416 e.